The number of aryl methyl sites for hydroxylation is 1. The summed E-state index contributed by atoms with van der Waals surface area (Å²) in [4.78, 5) is 35.0. The number of hydrogen-bond acceptors (Lipinski definition) is 6. The Bertz CT molecular complexity index is 756. The van der Waals surface area contributed by atoms with E-state index in [1.807, 2.05) is 6.92 Å². The summed E-state index contributed by atoms with van der Waals surface area (Å²) in [6, 6.07) is 7.75. The van der Waals surface area contributed by atoms with Gasteiger partial charge in [-0.1, -0.05) is 6.07 Å². The van der Waals surface area contributed by atoms with Gasteiger partial charge in [0.2, 0.25) is 5.91 Å². The van der Waals surface area contributed by atoms with Crippen LogP contribution < -0.4 is 16.0 Å². The Balaban J connectivity index is 1.83. The number of esters is 1. The van der Waals surface area contributed by atoms with Gasteiger partial charge >= 0.3 is 12.0 Å². The molecule has 1 aromatic heterocycles. The Labute approximate surface area is 144 Å². The molecule has 0 aliphatic carbocycles. The second-order valence-corrected chi connectivity index (χ2v) is 5.19. The van der Waals surface area contributed by atoms with Crippen molar-refractivity contribution in [2.75, 3.05) is 19.0 Å². The molecule has 8 heteroatoms. The number of anilines is 1. The lowest BCUT2D eigenvalue weighted by molar-refractivity contribution is -0.118. The number of rotatable bonds is 6. The average molecular weight is 345 g/mol. The lowest BCUT2D eigenvalue weighted by atomic mass is 10.1. The van der Waals surface area contributed by atoms with E-state index in [0.29, 0.717) is 17.0 Å². The van der Waals surface area contributed by atoms with E-state index >= 15 is 0 Å². The van der Waals surface area contributed by atoms with Gasteiger partial charge in [0, 0.05) is 5.69 Å². The summed E-state index contributed by atoms with van der Waals surface area (Å²) in [7, 11) is 1.30. The highest BCUT2D eigenvalue weighted by Gasteiger charge is 2.11. The average Bonchev–Trinajstić information content (AvgIpc) is 3.12. The van der Waals surface area contributed by atoms with Crippen molar-refractivity contribution in [3.05, 3.63) is 53.5 Å². The molecule has 0 radical (unpaired) electrons. The summed E-state index contributed by atoms with van der Waals surface area (Å²) >= 11 is 0. The maximum Gasteiger partial charge on any atom is 0.337 e. The Morgan fingerprint density at radius 2 is 2.00 bits per heavy atom. The van der Waals surface area contributed by atoms with E-state index in [-0.39, 0.29) is 13.1 Å². The molecule has 1 aromatic carbocycles. The van der Waals surface area contributed by atoms with Crippen LogP contribution in [0.4, 0.5) is 10.5 Å². The maximum absolute atomic E-state index is 11.8. The van der Waals surface area contributed by atoms with Crippen LogP contribution in [0.15, 0.2) is 41.0 Å². The fraction of sp³-hybridized carbons (Fsp3) is 0.235. The first-order valence-electron chi connectivity index (χ1n) is 7.52. The van der Waals surface area contributed by atoms with E-state index in [4.69, 9.17) is 4.42 Å². The molecule has 0 saturated carbocycles. The van der Waals surface area contributed by atoms with Gasteiger partial charge < -0.3 is 19.8 Å². The Morgan fingerprint density at radius 1 is 1.20 bits per heavy atom. The van der Waals surface area contributed by atoms with Crippen LogP contribution in [0.25, 0.3) is 0 Å². The molecule has 0 saturated heterocycles. The standard InChI is InChI=1S/C17H19N3O5/c1-11-5-6-12(16(22)24-2)8-14(11)18-10-15(21)20-17(23)19-9-13-4-3-7-25-13/h3-8,18H,9-10H2,1-2H3,(H2,19,20,21,23). The number of carbonyl (C=O) groups excluding carboxylic acids is 3. The quantitative estimate of drug-likeness (QED) is 0.689. The molecule has 0 bridgehead atoms. The first-order valence-corrected chi connectivity index (χ1v) is 7.52. The number of carbonyl (C=O) groups is 3. The Kier molecular flexibility index (Phi) is 6.16. The number of amides is 3. The summed E-state index contributed by atoms with van der Waals surface area (Å²) in [5, 5.41) is 7.59. The van der Waals surface area contributed by atoms with Crippen molar-refractivity contribution in [3.63, 3.8) is 0 Å². The second-order valence-electron chi connectivity index (χ2n) is 5.19. The molecule has 3 N–H and O–H groups in total. The lowest BCUT2D eigenvalue weighted by Crippen LogP contribution is -2.41. The predicted octanol–water partition coefficient (Wildman–Crippen LogP) is 1.81. The third-order valence-electron chi connectivity index (χ3n) is 3.35. The van der Waals surface area contributed by atoms with Gasteiger partial charge in [0.25, 0.3) is 0 Å². The maximum atomic E-state index is 11.8. The van der Waals surface area contributed by atoms with E-state index < -0.39 is 17.9 Å². The number of hydrogen-bond donors (Lipinski definition) is 3. The molecule has 8 nitrogen and oxygen atoms in total. The van der Waals surface area contributed by atoms with Crippen LogP contribution in [-0.2, 0) is 16.1 Å². The number of methoxy groups -OCH3 is 1. The first kappa shape index (κ1) is 18.1. The zero-order valence-electron chi connectivity index (χ0n) is 13.9. The number of ether oxygens (including phenoxy) is 1. The van der Waals surface area contributed by atoms with Gasteiger partial charge in [-0.05, 0) is 36.8 Å². The van der Waals surface area contributed by atoms with E-state index in [1.165, 1.54) is 13.4 Å². The summed E-state index contributed by atoms with van der Waals surface area (Å²) in [5.74, 6) is -0.402. The van der Waals surface area contributed by atoms with Crippen molar-refractivity contribution in [2.24, 2.45) is 0 Å². The number of furan rings is 1. The summed E-state index contributed by atoms with van der Waals surface area (Å²) in [5.41, 5.74) is 1.82. The molecular weight excluding hydrogens is 326 g/mol. The Morgan fingerprint density at radius 3 is 2.68 bits per heavy atom. The fourth-order valence-corrected chi connectivity index (χ4v) is 2.03. The van der Waals surface area contributed by atoms with Crippen molar-refractivity contribution in [1.29, 1.82) is 0 Å². The second kappa shape index (κ2) is 8.53. The van der Waals surface area contributed by atoms with Crippen molar-refractivity contribution >= 4 is 23.6 Å². The SMILES string of the molecule is COC(=O)c1ccc(C)c(NCC(=O)NC(=O)NCc2ccco2)c1. The summed E-state index contributed by atoms with van der Waals surface area (Å²) < 4.78 is 9.73. The van der Waals surface area contributed by atoms with Crippen LogP contribution in [0.3, 0.4) is 0 Å². The molecule has 3 amide bonds. The molecule has 0 fully saturated rings. The van der Waals surface area contributed by atoms with Crippen LogP contribution in [0.5, 0.6) is 0 Å². The van der Waals surface area contributed by atoms with Crippen LogP contribution in [-0.4, -0.2) is 31.6 Å². The molecule has 0 spiro atoms. The van der Waals surface area contributed by atoms with E-state index in [1.54, 1.807) is 30.3 Å². The molecule has 2 aromatic rings. The molecule has 2 rings (SSSR count). The minimum atomic E-state index is -0.622. The molecule has 0 aliphatic rings. The van der Waals surface area contributed by atoms with Gasteiger partial charge in [0.05, 0.1) is 32.0 Å². The number of benzene rings is 1. The zero-order valence-corrected chi connectivity index (χ0v) is 13.9. The van der Waals surface area contributed by atoms with Crippen LogP contribution in [0.2, 0.25) is 0 Å². The van der Waals surface area contributed by atoms with Crippen molar-refractivity contribution in [1.82, 2.24) is 10.6 Å². The highest BCUT2D eigenvalue weighted by Crippen LogP contribution is 2.17. The summed E-state index contributed by atoms with van der Waals surface area (Å²) in [6.07, 6.45) is 1.49. The largest absolute Gasteiger partial charge is 0.467 e. The molecule has 25 heavy (non-hydrogen) atoms. The fourth-order valence-electron chi connectivity index (χ4n) is 2.03. The van der Waals surface area contributed by atoms with Gasteiger partial charge in [-0.25, -0.2) is 9.59 Å². The predicted molar refractivity (Wildman–Crippen MR) is 90.1 cm³/mol. The molecule has 0 aliphatic heterocycles. The molecule has 0 atom stereocenters. The van der Waals surface area contributed by atoms with Gasteiger partial charge in [-0.3, -0.25) is 10.1 Å². The zero-order chi connectivity index (χ0) is 18.2. The number of nitrogens with one attached hydrogen (secondary N) is 3. The first-order chi connectivity index (χ1) is 12.0. The minimum absolute atomic E-state index is 0.125. The van der Waals surface area contributed by atoms with E-state index in [9.17, 15) is 14.4 Å². The normalized spacial score (nSPS) is 10.0. The van der Waals surface area contributed by atoms with Crippen molar-refractivity contribution in [3.8, 4) is 0 Å². The topological polar surface area (TPSA) is 110 Å². The van der Waals surface area contributed by atoms with Gasteiger partial charge in [0.1, 0.15) is 5.76 Å². The van der Waals surface area contributed by atoms with E-state index in [0.717, 1.165) is 5.56 Å². The van der Waals surface area contributed by atoms with Gasteiger partial charge in [-0.2, -0.15) is 0 Å². The summed E-state index contributed by atoms with van der Waals surface area (Å²) in [6.45, 7) is 1.89. The highest BCUT2D eigenvalue weighted by atomic mass is 16.5. The minimum Gasteiger partial charge on any atom is -0.467 e. The van der Waals surface area contributed by atoms with Crippen molar-refractivity contribution < 1.29 is 23.5 Å². The monoisotopic (exact) mass is 345 g/mol. The van der Waals surface area contributed by atoms with Gasteiger partial charge in [-0.15, -0.1) is 0 Å². The molecular formula is C17H19N3O5. The Hall–Kier alpha value is -3.29. The molecule has 1 heterocycles. The van der Waals surface area contributed by atoms with Gasteiger partial charge in [0.15, 0.2) is 0 Å². The lowest BCUT2D eigenvalue weighted by Gasteiger charge is -2.11. The van der Waals surface area contributed by atoms with Crippen LogP contribution in [0.1, 0.15) is 21.7 Å². The molecule has 132 valence electrons. The number of urea groups is 1. The third-order valence-corrected chi connectivity index (χ3v) is 3.35. The molecule has 0 unspecified atom stereocenters. The van der Waals surface area contributed by atoms with Crippen LogP contribution >= 0.6 is 0 Å². The number of imide groups is 1. The van der Waals surface area contributed by atoms with Crippen molar-refractivity contribution in [2.45, 2.75) is 13.5 Å². The highest BCUT2D eigenvalue weighted by molar-refractivity contribution is 5.96. The van der Waals surface area contributed by atoms with E-state index in [2.05, 4.69) is 20.7 Å². The smallest absolute Gasteiger partial charge is 0.337 e. The third kappa shape index (κ3) is 5.38. The van der Waals surface area contributed by atoms with Crippen LogP contribution in [0, 0.1) is 6.92 Å².